The molecule has 0 saturated carbocycles. The first kappa shape index (κ1) is 14.9. The van der Waals surface area contributed by atoms with Crippen LogP contribution in [0, 0.1) is 0 Å². The maximum Gasteiger partial charge on any atom is 0.332 e. The van der Waals surface area contributed by atoms with Gasteiger partial charge in [-0.1, -0.05) is 35.9 Å². The standard InChI is InChI=1S/C15H13BrClNO2/c1-20-15(19)14(10-5-4-6-11(17)9-10)18-13-8-3-2-7-12(13)16/h2-9,14,18H,1H3. The van der Waals surface area contributed by atoms with Gasteiger partial charge in [-0.3, -0.25) is 0 Å². The number of rotatable bonds is 4. The fourth-order valence-corrected chi connectivity index (χ4v) is 2.41. The second kappa shape index (κ2) is 6.77. The lowest BCUT2D eigenvalue weighted by Gasteiger charge is -2.19. The van der Waals surface area contributed by atoms with Crippen molar-refractivity contribution in [1.29, 1.82) is 0 Å². The van der Waals surface area contributed by atoms with Crippen molar-refractivity contribution >= 4 is 39.2 Å². The van der Waals surface area contributed by atoms with Crippen LogP contribution in [0.15, 0.2) is 53.0 Å². The Morgan fingerprint density at radius 3 is 2.65 bits per heavy atom. The molecule has 0 bridgehead atoms. The Balaban J connectivity index is 2.34. The molecule has 0 amide bonds. The van der Waals surface area contributed by atoms with Gasteiger partial charge in [-0.25, -0.2) is 4.79 Å². The zero-order chi connectivity index (χ0) is 14.5. The second-order valence-electron chi connectivity index (χ2n) is 4.14. The van der Waals surface area contributed by atoms with Crippen LogP contribution in [0.25, 0.3) is 0 Å². The van der Waals surface area contributed by atoms with Gasteiger partial charge in [0.15, 0.2) is 6.04 Å². The van der Waals surface area contributed by atoms with Gasteiger partial charge in [0.2, 0.25) is 0 Å². The molecule has 2 rings (SSSR count). The Morgan fingerprint density at radius 2 is 2.00 bits per heavy atom. The Hall–Kier alpha value is -1.52. The Morgan fingerprint density at radius 1 is 1.25 bits per heavy atom. The monoisotopic (exact) mass is 353 g/mol. The highest BCUT2D eigenvalue weighted by Crippen LogP contribution is 2.28. The number of carbonyl (C=O) groups is 1. The molecular formula is C15H13BrClNO2. The first-order valence-corrected chi connectivity index (χ1v) is 7.13. The van der Waals surface area contributed by atoms with Crippen LogP contribution in [0.5, 0.6) is 0 Å². The Kier molecular flexibility index (Phi) is 5.04. The summed E-state index contributed by atoms with van der Waals surface area (Å²) in [5.41, 5.74) is 1.56. The molecule has 104 valence electrons. The third kappa shape index (κ3) is 3.52. The van der Waals surface area contributed by atoms with Gasteiger partial charge in [0.25, 0.3) is 0 Å². The summed E-state index contributed by atoms with van der Waals surface area (Å²) in [6.45, 7) is 0. The van der Waals surface area contributed by atoms with Crippen LogP contribution in [0.3, 0.4) is 0 Å². The summed E-state index contributed by atoms with van der Waals surface area (Å²) >= 11 is 9.42. The molecule has 5 heteroatoms. The highest BCUT2D eigenvalue weighted by Gasteiger charge is 2.22. The molecule has 0 heterocycles. The molecule has 0 saturated heterocycles. The van der Waals surface area contributed by atoms with Crippen LogP contribution in [0.4, 0.5) is 5.69 Å². The molecule has 20 heavy (non-hydrogen) atoms. The molecule has 1 atom stereocenters. The van der Waals surface area contributed by atoms with Crippen molar-refractivity contribution in [1.82, 2.24) is 0 Å². The number of benzene rings is 2. The Bertz CT molecular complexity index is 618. The summed E-state index contributed by atoms with van der Waals surface area (Å²) < 4.78 is 5.73. The highest BCUT2D eigenvalue weighted by molar-refractivity contribution is 9.10. The average molecular weight is 355 g/mol. The lowest BCUT2D eigenvalue weighted by molar-refractivity contribution is -0.141. The molecule has 2 aromatic carbocycles. The maximum atomic E-state index is 12.0. The minimum Gasteiger partial charge on any atom is -0.467 e. The van der Waals surface area contributed by atoms with Crippen LogP contribution >= 0.6 is 27.5 Å². The lowest BCUT2D eigenvalue weighted by atomic mass is 10.1. The average Bonchev–Trinajstić information content (AvgIpc) is 2.45. The van der Waals surface area contributed by atoms with Crippen LogP contribution < -0.4 is 5.32 Å². The van der Waals surface area contributed by atoms with Gasteiger partial charge in [0.1, 0.15) is 0 Å². The third-order valence-electron chi connectivity index (χ3n) is 2.79. The van der Waals surface area contributed by atoms with E-state index in [-0.39, 0.29) is 5.97 Å². The Labute approximate surface area is 131 Å². The summed E-state index contributed by atoms with van der Waals surface area (Å²) in [4.78, 5) is 12.0. The third-order valence-corrected chi connectivity index (χ3v) is 3.72. The molecule has 0 aromatic heterocycles. The van der Waals surface area contributed by atoms with E-state index in [0.29, 0.717) is 5.02 Å². The molecule has 0 aliphatic heterocycles. The number of carbonyl (C=O) groups excluding carboxylic acids is 1. The van der Waals surface area contributed by atoms with E-state index in [1.165, 1.54) is 7.11 Å². The first-order chi connectivity index (χ1) is 9.61. The summed E-state index contributed by atoms with van der Waals surface area (Å²) in [5.74, 6) is -0.372. The smallest absolute Gasteiger partial charge is 0.332 e. The van der Waals surface area contributed by atoms with Gasteiger partial charge < -0.3 is 10.1 Å². The minimum atomic E-state index is -0.614. The van der Waals surface area contributed by atoms with Crippen molar-refractivity contribution in [2.24, 2.45) is 0 Å². The SMILES string of the molecule is COC(=O)C(Nc1ccccc1Br)c1cccc(Cl)c1. The summed E-state index contributed by atoms with van der Waals surface area (Å²) in [5, 5.41) is 3.74. The molecule has 0 radical (unpaired) electrons. The second-order valence-corrected chi connectivity index (χ2v) is 5.43. The van der Waals surface area contributed by atoms with E-state index in [1.54, 1.807) is 18.2 Å². The predicted octanol–water partition coefficient (Wildman–Crippen LogP) is 4.43. The van der Waals surface area contributed by atoms with Crippen molar-refractivity contribution in [3.05, 3.63) is 63.6 Å². The number of halogens is 2. The molecule has 0 fully saturated rings. The van der Waals surface area contributed by atoms with Gasteiger partial charge in [-0.05, 0) is 45.8 Å². The molecule has 0 aliphatic rings. The molecule has 0 spiro atoms. The number of esters is 1. The summed E-state index contributed by atoms with van der Waals surface area (Å²) in [6.07, 6.45) is 0. The van der Waals surface area contributed by atoms with Gasteiger partial charge in [0.05, 0.1) is 7.11 Å². The van der Waals surface area contributed by atoms with E-state index in [4.69, 9.17) is 16.3 Å². The van der Waals surface area contributed by atoms with Gasteiger partial charge in [-0.2, -0.15) is 0 Å². The zero-order valence-electron chi connectivity index (χ0n) is 10.8. The number of methoxy groups -OCH3 is 1. The fourth-order valence-electron chi connectivity index (χ4n) is 1.82. The quantitative estimate of drug-likeness (QED) is 0.826. The summed E-state index contributed by atoms with van der Waals surface area (Å²) in [7, 11) is 1.36. The van der Waals surface area contributed by atoms with E-state index in [1.807, 2.05) is 30.3 Å². The van der Waals surface area contributed by atoms with Crippen molar-refractivity contribution in [2.45, 2.75) is 6.04 Å². The van der Waals surface area contributed by atoms with Crippen molar-refractivity contribution in [3.63, 3.8) is 0 Å². The largest absolute Gasteiger partial charge is 0.467 e. The minimum absolute atomic E-state index is 0.372. The topological polar surface area (TPSA) is 38.3 Å². The molecular weight excluding hydrogens is 342 g/mol. The van der Waals surface area contributed by atoms with Crippen molar-refractivity contribution in [3.8, 4) is 0 Å². The van der Waals surface area contributed by atoms with Gasteiger partial charge >= 0.3 is 5.97 Å². The maximum absolute atomic E-state index is 12.0. The van der Waals surface area contributed by atoms with Gasteiger partial charge in [-0.15, -0.1) is 0 Å². The molecule has 1 unspecified atom stereocenters. The zero-order valence-corrected chi connectivity index (χ0v) is 13.1. The summed E-state index contributed by atoms with van der Waals surface area (Å²) in [6, 6.07) is 14.1. The van der Waals surface area contributed by atoms with Crippen LogP contribution in [0.2, 0.25) is 5.02 Å². The molecule has 2 aromatic rings. The number of nitrogens with one attached hydrogen (secondary N) is 1. The first-order valence-electron chi connectivity index (χ1n) is 5.96. The molecule has 3 nitrogen and oxygen atoms in total. The van der Waals surface area contributed by atoms with Gasteiger partial charge in [0, 0.05) is 15.2 Å². The van der Waals surface area contributed by atoms with Crippen molar-refractivity contribution in [2.75, 3.05) is 12.4 Å². The normalized spacial score (nSPS) is 11.8. The van der Waals surface area contributed by atoms with Crippen LogP contribution in [-0.2, 0) is 9.53 Å². The number of anilines is 1. The predicted molar refractivity (Wildman–Crippen MR) is 84.0 cm³/mol. The van der Waals surface area contributed by atoms with E-state index in [9.17, 15) is 4.79 Å². The number of hydrogen-bond donors (Lipinski definition) is 1. The van der Waals surface area contributed by atoms with Crippen molar-refractivity contribution < 1.29 is 9.53 Å². The van der Waals surface area contributed by atoms with E-state index < -0.39 is 6.04 Å². The lowest BCUT2D eigenvalue weighted by Crippen LogP contribution is -2.22. The van der Waals surface area contributed by atoms with E-state index in [2.05, 4.69) is 21.2 Å². The number of para-hydroxylation sites is 1. The van der Waals surface area contributed by atoms with E-state index >= 15 is 0 Å². The van der Waals surface area contributed by atoms with Crippen LogP contribution in [0.1, 0.15) is 11.6 Å². The number of ether oxygens (including phenoxy) is 1. The van der Waals surface area contributed by atoms with Crippen LogP contribution in [-0.4, -0.2) is 13.1 Å². The molecule has 1 N–H and O–H groups in total. The van der Waals surface area contributed by atoms with E-state index in [0.717, 1.165) is 15.7 Å². The fraction of sp³-hybridized carbons (Fsp3) is 0.133. The highest BCUT2D eigenvalue weighted by atomic mass is 79.9. The molecule has 0 aliphatic carbocycles. The number of hydrogen-bond acceptors (Lipinski definition) is 3.